The van der Waals surface area contributed by atoms with Gasteiger partial charge in [-0.15, -0.1) is 8.78 Å². The molecule has 2 amide bonds. The first-order valence-corrected chi connectivity index (χ1v) is 11.4. The van der Waals surface area contributed by atoms with Gasteiger partial charge in [-0.05, 0) is 44.0 Å². The number of nitrogens with one attached hydrogen (secondary N) is 1. The van der Waals surface area contributed by atoms with Gasteiger partial charge in [-0.2, -0.15) is 0 Å². The van der Waals surface area contributed by atoms with Gasteiger partial charge in [0.05, 0.1) is 0 Å². The van der Waals surface area contributed by atoms with E-state index in [0.717, 1.165) is 4.90 Å². The number of aromatic nitrogens is 2. The fraction of sp³-hybridized carbons (Fsp3) is 0.429. The van der Waals surface area contributed by atoms with Crippen molar-refractivity contribution in [3.63, 3.8) is 0 Å². The van der Waals surface area contributed by atoms with Gasteiger partial charge in [0, 0.05) is 54.5 Å². The number of benzene rings is 1. The molecule has 1 saturated heterocycles. The van der Waals surface area contributed by atoms with E-state index in [4.69, 9.17) is 39.5 Å². The molecule has 8 nitrogen and oxygen atoms in total. The number of alkyl halides is 5. The van der Waals surface area contributed by atoms with Crippen LogP contribution in [-0.2, 0) is 19.9 Å². The molecule has 1 aromatic heterocycles. The van der Waals surface area contributed by atoms with Gasteiger partial charge in [-0.1, -0.05) is 23.2 Å². The lowest BCUT2D eigenvalue weighted by molar-refractivity contribution is -0.131. The predicted octanol–water partition coefficient (Wildman–Crippen LogP) is 3.99. The van der Waals surface area contributed by atoms with E-state index >= 15 is 0 Å². The number of halogens is 5. The number of carbonyl (C=O) groups is 2. The van der Waals surface area contributed by atoms with Crippen LogP contribution in [0.25, 0.3) is 0 Å². The minimum Gasteiger partial charge on any atom is -0.420 e. The van der Waals surface area contributed by atoms with Crippen molar-refractivity contribution < 1.29 is 27.8 Å². The topological polar surface area (TPSA) is 93.6 Å². The maximum Gasteiger partial charge on any atom is 0.487 e. The van der Waals surface area contributed by atoms with Crippen LogP contribution >= 0.6 is 34.8 Å². The minimum absolute atomic E-state index is 0.134. The normalized spacial score (nSPS) is 16.6. The summed E-state index contributed by atoms with van der Waals surface area (Å²) in [6.07, 6.45) is 5.23. The second-order valence-corrected chi connectivity index (χ2v) is 9.11. The summed E-state index contributed by atoms with van der Waals surface area (Å²) in [4.78, 5) is 34.4. The molecule has 34 heavy (non-hydrogen) atoms. The summed E-state index contributed by atoms with van der Waals surface area (Å²) in [6, 6.07) is 4.75. The van der Waals surface area contributed by atoms with Crippen molar-refractivity contribution in [1.29, 1.82) is 0 Å². The first-order chi connectivity index (χ1) is 16.0. The van der Waals surface area contributed by atoms with E-state index in [0.29, 0.717) is 26.1 Å². The van der Waals surface area contributed by atoms with E-state index in [1.54, 1.807) is 0 Å². The number of hydrogen-bond donors (Lipinski definition) is 1. The summed E-state index contributed by atoms with van der Waals surface area (Å²) >= 11 is 16.7. The molecule has 1 aliphatic rings. The number of ether oxygens (including phenoxy) is 2. The van der Waals surface area contributed by atoms with Crippen molar-refractivity contribution in [2.75, 3.05) is 18.1 Å². The Morgan fingerprint density at radius 3 is 2.29 bits per heavy atom. The summed E-state index contributed by atoms with van der Waals surface area (Å²) < 4.78 is 35.7. The predicted molar refractivity (Wildman–Crippen MR) is 122 cm³/mol. The first kappa shape index (κ1) is 26.3. The smallest absolute Gasteiger partial charge is 0.420 e. The van der Waals surface area contributed by atoms with Gasteiger partial charge in [-0.25, -0.2) is 9.97 Å². The van der Waals surface area contributed by atoms with Crippen LogP contribution in [-0.4, -0.2) is 51.4 Å². The molecule has 1 aliphatic heterocycles. The molecule has 0 aliphatic carbocycles. The Balaban J connectivity index is 2.07. The third-order valence-corrected chi connectivity index (χ3v) is 5.75. The van der Waals surface area contributed by atoms with Crippen LogP contribution in [0.5, 0.6) is 5.75 Å². The van der Waals surface area contributed by atoms with Crippen molar-refractivity contribution in [1.82, 2.24) is 15.3 Å². The quantitative estimate of drug-likeness (QED) is 0.512. The summed E-state index contributed by atoms with van der Waals surface area (Å²) in [5.74, 6) is -1.63. The van der Waals surface area contributed by atoms with Crippen molar-refractivity contribution >= 4 is 52.3 Å². The Kier molecular flexibility index (Phi) is 8.51. The highest BCUT2D eigenvalue weighted by atomic mass is 35.5. The van der Waals surface area contributed by atoms with E-state index in [2.05, 4.69) is 20.0 Å². The molecular weight excluding hydrogens is 517 g/mol. The third-order valence-electron chi connectivity index (χ3n) is 5.30. The maximum atomic E-state index is 13.7. The second kappa shape index (κ2) is 11.0. The Bertz CT molecular complexity index is 990. The van der Waals surface area contributed by atoms with Crippen molar-refractivity contribution in [2.45, 2.75) is 41.8 Å². The number of hydrogen-bond acceptors (Lipinski definition) is 6. The lowest BCUT2D eigenvalue weighted by atomic mass is 9.89. The average Bonchev–Trinajstić information content (AvgIpc) is 2.80. The number of anilines is 1. The lowest BCUT2D eigenvalue weighted by Crippen LogP contribution is -2.60. The zero-order chi connectivity index (χ0) is 24.9. The monoisotopic (exact) mass is 536 g/mol. The van der Waals surface area contributed by atoms with Crippen molar-refractivity contribution in [3.8, 4) is 5.75 Å². The molecule has 0 unspecified atom stereocenters. The van der Waals surface area contributed by atoms with Gasteiger partial charge >= 0.3 is 5.57 Å². The highest BCUT2D eigenvalue weighted by Crippen LogP contribution is 2.36. The number of nitrogens with zero attached hydrogens (tertiary/aromatic N) is 3. The fourth-order valence-electron chi connectivity index (χ4n) is 3.58. The Hall–Kier alpha value is -2.27. The zero-order valence-electron chi connectivity index (χ0n) is 17.9. The average molecular weight is 538 g/mol. The molecule has 3 rings (SSSR count). The SMILES string of the molecule is C[C@@](C(=O)NC1CCOCC1)(c1cncnc1)N(C(=O)C(Cl)Cl)c1ccc(OC(F)(F)Cl)cc1. The molecule has 0 radical (unpaired) electrons. The molecule has 1 fully saturated rings. The van der Waals surface area contributed by atoms with Crippen LogP contribution < -0.4 is 15.0 Å². The highest BCUT2D eigenvalue weighted by Gasteiger charge is 2.47. The van der Waals surface area contributed by atoms with E-state index in [1.807, 2.05) is 0 Å². The lowest BCUT2D eigenvalue weighted by Gasteiger charge is -2.41. The van der Waals surface area contributed by atoms with Crippen LogP contribution in [0, 0.1) is 0 Å². The molecule has 2 aromatic rings. The summed E-state index contributed by atoms with van der Waals surface area (Å²) in [5, 5.41) is 2.95. The molecule has 1 atom stereocenters. The summed E-state index contributed by atoms with van der Waals surface area (Å²) in [6.45, 7) is 2.46. The maximum absolute atomic E-state index is 13.7. The number of rotatable bonds is 8. The van der Waals surface area contributed by atoms with Crippen molar-refractivity contribution in [3.05, 3.63) is 48.5 Å². The number of amides is 2. The molecule has 0 spiro atoms. The number of carbonyl (C=O) groups excluding carboxylic acids is 2. The second-order valence-electron chi connectivity index (χ2n) is 7.58. The standard InChI is InChI=1S/C21H21Cl3F2N4O4/c1-20(13-10-27-12-28-11-13,19(32)29-14-6-8-33-9-7-14)30(18(31)17(22)23)15-2-4-16(5-3-15)34-21(24,25)26/h2-5,10-12,14,17H,6-9H2,1H3,(H,29,32)/t20-/m0/s1. The van der Waals surface area contributed by atoms with Crippen LogP contribution in [0.3, 0.4) is 0 Å². The molecular formula is C21H21Cl3F2N4O4. The summed E-state index contributed by atoms with van der Waals surface area (Å²) in [5.41, 5.74) is -5.23. The van der Waals surface area contributed by atoms with Gasteiger partial charge in [-0.3, -0.25) is 14.5 Å². The Labute approximate surface area is 209 Å². The van der Waals surface area contributed by atoms with Crippen LogP contribution in [0.1, 0.15) is 25.3 Å². The van der Waals surface area contributed by atoms with Gasteiger partial charge in [0.15, 0.2) is 10.4 Å². The first-order valence-electron chi connectivity index (χ1n) is 10.1. The van der Waals surface area contributed by atoms with E-state index in [1.165, 1.54) is 49.9 Å². The van der Waals surface area contributed by atoms with E-state index in [9.17, 15) is 18.4 Å². The van der Waals surface area contributed by atoms with Gasteiger partial charge in [0.2, 0.25) is 0 Å². The van der Waals surface area contributed by atoms with E-state index < -0.39 is 27.8 Å². The van der Waals surface area contributed by atoms with Gasteiger partial charge < -0.3 is 14.8 Å². The Morgan fingerprint density at radius 1 is 1.18 bits per heavy atom. The molecule has 1 N–H and O–H groups in total. The molecule has 184 valence electrons. The molecule has 1 aromatic carbocycles. The molecule has 0 bridgehead atoms. The van der Waals surface area contributed by atoms with Crippen molar-refractivity contribution in [2.24, 2.45) is 0 Å². The van der Waals surface area contributed by atoms with Crippen LogP contribution in [0.15, 0.2) is 43.0 Å². The highest BCUT2D eigenvalue weighted by molar-refractivity contribution is 6.54. The Morgan fingerprint density at radius 2 is 1.76 bits per heavy atom. The van der Waals surface area contributed by atoms with E-state index in [-0.39, 0.29) is 23.0 Å². The molecule has 0 saturated carbocycles. The molecule has 13 heteroatoms. The van der Waals surface area contributed by atoms with Crippen LogP contribution in [0.2, 0.25) is 0 Å². The summed E-state index contributed by atoms with van der Waals surface area (Å²) in [7, 11) is 0. The zero-order valence-corrected chi connectivity index (χ0v) is 20.2. The fourth-order valence-corrected chi connectivity index (χ4v) is 3.86. The molecule has 2 heterocycles. The van der Waals surface area contributed by atoms with Gasteiger partial charge in [0.25, 0.3) is 11.8 Å². The minimum atomic E-state index is -3.92. The van der Waals surface area contributed by atoms with Gasteiger partial charge in [0.1, 0.15) is 12.1 Å². The van der Waals surface area contributed by atoms with Crippen LogP contribution in [0.4, 0.5) is 14.5 Å². The largest absolute Gasteiger partial charge is 0.487 e. The third kappa shape index (κ3) is 6.24.